The third kappa shape index (κ3) is 3.21. The summed E-state index contributed by atoms with van der Waals surface area (Å²) in [6.45, 7) is 2.82. The molecule has 138 valence electrons. The Kier molecular flexibility index (Phi) is 4.44. The van der Waals surface area contributed by atoms with Gasteiger partial charge in [-0.15, -0.1) is 0 Å². The summed E-state index contributed by atoms with van der Waals surface area (Å²) in [7, 11) is 3.46. The van der Waals surface area contributed by atoms with Crippen LogP contribution in [-0.2, 0) is 13.5 Å². The van der Waals surface area contributed by atoms with Gasteiger partial charge in [0.2, 0.25) is 0 Å². The summed E-state index contributed by atoms with van der Waals surface area (Å²) < 4.78 is 6.96. The molecule has 0 saturated carbocycles. The maximum Gasteiger partial charge on any atom is 0.276 e. The van der Waals surface area contributed by atoms with E-state index in [0.29, 0.717) is 5.69 Å². The molecule has 27 heavy (non-hydrogen) atoms. The minimum Gasteiger partial charge on any atom is -0.497 e. The number of hydrogen-bond acceptors (Lipinski definition) is 3. The molecule has 0 radical (unpaired) electrons. The second kappa shape index (κ2) is 6.91. The SMILES string of the molecule is COc1cccc(-c2cc(C(=O)N3CCCc4cc(C)ccc43)n(C)n2)c1. The molecular formula is C22H23N3O2. The van der Waals surface area contributed by atoms with Gasteiger partial charge in [-0.25, -0.2) is 0 Å². The van der Waals surface area contributed by atoms with Crippen molar-refractivity contribution in [2.75, 3.05) is 18.6 Å². The fourth-order valence-corrected chi connectivity index (χ4v) is 3.67. The number of aryl methyl sites for hydroxylation is 3. The van der Waals surface area contributed by atoms with Crippen LogP contribution < -0.4 is 9.64 Å². The molecule has 1 aliphatic rings. The number of nitrogens with zero attached hydrogens (tertiary/aromatic N) is 3. The molecule has 5 heteroatoms. The van der Waals surface area contributed by atoms with Crippen LogP contribution in [-0.4, -0.2) is 29.3 Å². The smallest absolute Gasteiger partial charge is 0.276 e. The summed E-state index contributed by atoms with van der Waals surface area (Å²) >= 11 is 0. The van der Waals surface area contributed by atoms with E-state index >= 15 is 0 Å². The normalized spacial score (nSPS) is 13.4. The number of benzene rings is 2. The molecule has 0 spiro atoms. The van der Waals surface area contributed by atoms with Crippen molar-refractivity contribution in [3.63, 3.8) is 0 Å². The van der Waals surface area contributed by atoms with Gasteiger partial charge in [0.25, 0.3) is 5.91 Å². The Balaban J connectivity index is 1.69. The number of fused-ring (bicyclic) bond motifs is 1. The lowest BCUT2D eigenvalue weighted by atomic mass is 9.99. The fraction of sp³-hybridized carbons (Fsp3) is 0.273. The van der Waals surface area contributed by atoms with Gasteiger partial charge >= 0.3 is 0 Å². The first kappa shape index (κ1) is 17.3. The predicted molar refractivity (Wildman–Crippen MR) is 106 cm³/mol. The summed E-state index contributed by atoms with van der Waals surface area (Å²) in [6, 6.07) is 15.9. The Bertz CT molecular complexity index is 1010. The number of amides is 1. The molecule has 0 atom stereocenters. The van der Waals surface area contributed by atoms with Crippen molar-refractivity contribution in [3.8, 4) is 17.0 Å². The molecule has 2 heterocycles. The maximum absolute atomic E-state index is 13.3. The highest BCUT2D eigenvalue weighted by Gasteiger charge is 2.26. The average Bonchev–Trinajstić information content (AvgIpc) is 3.08. The molecule has 1 amide bonds. The van der Waals surface area contributed by atoms with Gasteiger partial charge in [0, 0.05) is 24.8 Å². The van der Waals surface area contributed by atoms with E-state index in [1.165, 1.54) is 11.1 Å². The number of aromatic nitrogens is 2. The third-order valence-corrected chi connectivity index (χ3v) is 5.06. The Morgan fingerprint density at radius 2 is 2.00 bits per heavy atom. The zero-order valence-corrected chi connectivity index (χ0v) is 15.9. The highest BCUT2D eigenvalue weighted by Crippen LogP contribution is 2.30. The van der Waals surface area contributed by atoms with E-state index in [9.17, 15) is 4.79 Å². The molecular weight excluding hydrogens is 338 g/mol. The molecule has 0 saturated heterocycles. The number of hydrogen-bond donors (Lipinski definition) is 0. The molecule has 3 aromatic rings. The molecule has 4 rings (SSSR count). The van der Waals surface area contributed by atoms with Crippen molar-refractivity contribution >= 4 is 11.6 Å². The van der Waals surface area contributed by atoms with Gasteiger partial charge in [-0.05, 0) is 49.6 Å². The first-order chi connectivity index (χ1) is 13.1. The lowest BCUT2D eigenvalue weighted by Gasteiger charge is -2.29. The van der Waals surface area contributed by atoms with E-state index < -0.39 is 0 Å². The van der Waals surface area contributed by atoms with Crippen molar-refractivity contribution in [2.24, 2.45) is 7.05 Å². The van der Waals surface area contributed by atoms with Crippen LogP contribution >= 0.6 is 0 Å². The second-order valence-corrected chi connectivity index (χ2v) is 6.96. The lowest BCUT2D eigenvalue weighted by Crippen LogP contribution is -2.36. The maximum atomic E-state index is 13.3. The van der Waals surface area contributed by atoms with E-state index in [1.807, 2.05) is 42.3 Å². The Morgan fingerprint density at radius 3 is 2.81 bits per heavy atom. The van der Waals surface area contributed by atoms with E-state index in [4.69, 9.17) is 4.74 Å². The number of ether oxygens (including phenoxy) is 1. The molecule has 2 aromatic carbocycles. The van der Waals surface area contributed by atoms with Crippen LogP contribution in [0.5, 0.6) is 5.75 Å². The zero-order chi connectivity index (χ0) is 19.0. The largest absolute Gasteiger partial charge is 0.497 e. The van der Waals surface area contributed by atoms with Gasteiger partial charge in [0.1, 0.15) is 11.4 Å². The van der Waals surface area contributed by atoms with Gasteiger partial charge in [0.05, 0.1) is 12.8 Å². The molecule has 0 bridgehead atoms. The van der Waals surface area contributed by atoms with Gasteiger partial charge in [0.15, 0.2) is 0 Å². The van der Waals surface area contributed by atoms with Gasteiger partial charge in [-0.2, -0.15) is 5.10 Å². The van der Waals surface area contributed by atoms with E-state index in [2.05, 4.69) is 30.2 Å². The first-order valence-corrected chi connectivity index (χ1v) is 9.16. The van der Waals surface area contributed by atoms with Crippen LogP contribution in [0.1, 0.15) is 28.0 Å². The van der Waals surface area contributed by atoms with Gasteiger partial charge in [-0.1, -0.05) is 29.8 Å². The molecule has 0 fully saturated rings. The molecule has 0 N–H and O–H groups in total. The summed E-state index contributed by atoms with van der Waals surface area (Å²) in [5.41, 5.74) is 5.76. The third-order valence-electron chi connectivity index (χ3n) is 5.06. The summed E-state index contributed by atoms with van der Waals surface area (Å²) in [6.07, 6.45) is 1.99. The predicted octanol–water partition coefficient (Wildman–Crippen LogP) is 4.00. The van der Waals surface area contributed by atoms with Crippen LogP contribution in [0.2, 0.25) is 0 Å². The van der Waals surface area contributed by atoms with Crippen LogP contribution in [0, 0.1) is 6.92 Å². The van der Waals surface area contributed by atoms with Crippen molar-refractivity contribution in [1.29, 1.82) is 0 Å². The molecule has 1 aliphatic heterocycles. The highest BCUT2D eigenvalue weighted by molar-refractivity contribution is 6.06. The van der Waals surface area contributed by atoms with Crippen LogP contribution in [0.15, 0.2) is 48.5 Å². The van der Waals surface area contributed by atoms with Gasteiger partial charge < -0.3 is 9.64 Å². The lowest BCUT2D eigenvalue weighted by molar-refractivity contribution is 0.0976. The molecule has 1 aromatic heterocycles. The topological polar surface area (TPSA) is 47.4 Å². The van der Waals surface area contributed by atoms with E-state index in [1.54, 1.807) is 11.8 Å². The van der Waals surface area contributed by atoms with Crippen LogP contribution in [0.3, 0.4) is 0 Å². The van der Waals surface area contributed by atoms with Crippen LogP contribution in [0.4, 0.5) is 5.69 Å². The average molecular weight is 361 g/mol. The van der Waals surface area contributed by atoms with E-state index in [-0.39, 0.29) is 5.91 Å². The fourth-order valence-electron chi connectivity index (χ4n) is 3.67. The number of carbonyl (C=O) groups excluding carboxylic acids is 1. The van der Waals surface area contributed by atoms with E-state index in [0.717, 1.165) is 42.1 Å². The molecule has 5 nitrogen and oxygen atoms in total. The summed E-state index contributed by atoms with van der Waals surface area (Å²) in [5, 5.41) is 4.56. The number of anilines is 1. The minimum absolute atomic E-state index is 0.0102. The number of methoxy groups -OCH3 is 1. The first-order valence-electron chi connectivity index (χ1n) is 9.16. The number of carbonyl (C=O) groups is 1. The Labute approximate surface area is 159 Å². The van der Waals surface area contributed by atoms with Crippen molar-refractivity contribution < 1.29 is 9.53 Å². The van der Waals surface area contributed by atoms with Crippen molar-refractivity contribution in [2.45, 2.75) is 19.8 Å². The van der Waals surface area contributed by atoms with Crippen LogP contribution in [0.25, 0.3) is 11.3 Å². The zero-order valence-electron chi connectivity index (χ0n) is 15.9. The highest BCUT2D eigenvalue weighted by atomic mass is 16.5. The Hall–Kier alpha value is -3.08. The standard InChI is InChI=1S/C22H23N3O2/c1-15-9-10-20-17(12-15)7-5-11-25(20)22(26)21-14-19(23-24(21)2)16-6-4-8-18(13-16)27-3/h4,6,8-10,12-14H,5,7,11H2,1-3H3. The quantitative estimate of drug-likeness (QED) is 0.708. The summed E-state index contributed by atoms with van der Waals surface area (Å²) in [4.78, 5) is 15.2. The monoisotopic (exact) mass is 361 g/mol. The van der Waals surface area contributed by atoms with Crippen molar-refractivity contribution in [3.05, 3.63) is 65.4 Å². The van der Waals surface area contributed by atoms with Gasteiger partial charge in [-0.3, -0.25) is 9.48 Å². The summed E-state index contributed by atoms with van der Waals surface area (Å²) in [5.74, 6) is 0.760. The van der Waals surface area contributed by atoms with Crippen molar-refractivity contribution in [1.82, 2.24) is 9.78 Å². The minimum atomic E-state index is -0.0102. The Morgan fingerprint density at radius 1 is 1.15 bits per heavy atom. The second-order valence-electron chi connectivity index (χ2n) is 6.96. The number of rotatable bonds is 3. The molecule has 0 aliphatic carbocycles. The molecule has 0 unspecified atom stereocenters.